The Morgan fingerprint density at radius 3 is 2.64 bits per heavy atom. The fourth-order valence-electron chi connectivity index (χ4n) is 0.616. The smallest absolute Gasteiger partial charge is 0.375 e. The summed E-state index contributed by atoms with van der Waals surface area (Å²) in [6.45, 7) is 2.29. The van der Waals surface area contributed by atoms with Crippen molar-refractivity contribution >= 4 is 7.60 Å². The Morgan fingerprint density at radius 1 is 1.50 bits per heavy atom. The number of hydrogen-bond acceptors (Lipinski definition) is 5. The van der Waals surface area contributed by atoms with Crippen LogP contribution in [0.15, 0.2) is 12.3 Å². The summed E-state index contributed by atoms with van der Waals surface area (Å²) in [7, 11) is 0.796. The Balaban J connectivity index is 3.72. The predicted molar refractivity (Wildman–Crippen MR) is 55.3 cm³/mol. The van der Waals surface area contributed by atoms with Crippen molar-refractivity contribution in [3.05, 3.63) is 12.3 Å². The van der Waals surface area contributed by atoms with Crippen molar-refractivity contribution in [3.63, 3.8) is 0 Å². The molecule has 0 amide bonds. The highest BCUT2D eigenvalue weighted by Crippen LogP contribution is 2.43. The molecule has 0 saturated heterocycles. The van der Waals surface area contributed by atoms with Gasteiger partial charge in [0.25, 0.3) is 0 Å². The standard InChI is InChI=1S/C8H18NO4P/c1-9(2)5-8-13-14(3,11)12-7-4-6-10/h4,7,10H,5-6,8H2,1-3H3/b7-4+. The van der Waals surface area contributed by atoms with Gasteiger partial charge in [0.05, 0.1) is 19.5 Å². The van der Waals surface area contributed by atoms with Crippen molar-refractivity contribution in [2.75, 3.05) is 40.5 Å². The van der Waals surface area contributed by atoms with Crippen molar-refractivity contribution in [2.45, 2.75) is 0 Å². The second-order valence-corrected chi connectivity index (χ2v) is 5.08. The Morgan fingerprint density at radius 2 is 2.14 bits per heavy atom. The predicted octanol–water partition coefficient (Wildman–Crippen LogP) is 0.910. The van der Waals surface area contributed by atoms with Gasteiger partial charge >= 0.3 is 7.60 Å². The van der Waals surface area contributed by atoms with Gasteiger partial charge in [0, 0.05) is 13.2 Å². The Bertz CT molecular complexity index is 217. The number of aliphatic hydroxyl groups excluding tert-OH is 1. The summed E-state index contributed by atoms with van der Waals surface area (Å²) in [6.07, 6.45) is 2.54. The molecule has 84 valence electrons. The maximum Gasteiger partial charge on any atom is 0.375 e. The SMILES string of the molecule is CN(C)CCOP(C)(=O)O/C=C/CO. The molecule has 0 aromatic heterocycles. The molecule has 1 N–H and O–H groups in total. The number of hydrogen-bond donors (Lipinski definition) is 1. The van der Waals surface area contributed by atoms with E-state index in [1.807, 2.05) is 19.0 Å². The highest BCUT2D eigenvalue weighted by molar-refractivity contribution is 7.53. The molecule has 0 bridgehead atoms. The van der Waals surface area contributed by atoms with Crippen LogP contribution in [0.25, 0.3) is 0 Å². The van der Waals surface area contributed by atoms with Gasteiger partial charge in [0.1, 0.15) is 0 Å². The van der Waals surface area contributed by atoms with Gasteiger partial charge < -0.3 is 14.5 Å². The average Bonchev–Trinajstić information content (AvgIpc) is 2.03. The molecule has 0 aliphatic carbocycles. The first-order chi connectivity index (χ1) is 6.48. The molecule has 0 aromatic carbocycles. The van der Waals surface area contributed by atoms with Crippen molar-refractivity contribution in [2.24, 2.45) is 0 Å². The molecular formula is C8H18NO4P. The van der Waals surface area contributed by atoms with Crippen molar-refractivity contribution < 1.29 is 18.7 Å². The number of aliphatic hydroxyl groups is 1. The summed E-state index contributed by atoms with van der Waals surface area (Å²) in [5, 5.41) is 8.41. The first-order valence-electron chi connectivity index (χ1n) is 4.29. The van der Waals surface area contributed by atoms with Gasteiger partial charge in [-0.25, -0.2) is 4.57 Å². The second kappa shape index (κ2) is 7.01. The largest absolute Gasteiger partial charge is 0.433 e. The molecule has 1 unspecified atom stereocenters. The van der Waals surface area contributed by atoms with E-state index >= 15 is 0 Å². The Labute approximate surface area is 84.8 Å². The molecule has 6 heteroatoms. The van der Waals surface area contributed by atoms with E-state index in [2.05, 4.69) is 0 Å². The summed E-state index contributed by atoms with van der Waals surface area (Å²) in [5.41, 5.74) is 0. The molecule has 0 fully saturated rings. The van der Waals surface area contributed by atoms with E-state index in [1.165, 1.54) is 19.0 Å². The Kier molecular flexibility index (Phi) is 6.83. The highest BCUT2D eigenvalue weighted by Gasteiger charge is 2.15. The van der Waals surface area contributed by atoms with E-state index in [0.29, 0.717) is 13.2 Å². The van der Waals surface area contributed by atoms with Crippen LogP contribution in [-0.4, -0.2) is 50.5 Å². The summed E-state index contributed by atoms with van der Waals surface area (Å²) in [5.74, 6) is 0. The van der Waals surface area contributed by atoms with E-state index in [9.17, 15) is 4.57 Å². The van der Waals surface area contributed by atoms with Crippen LogP contribution >= 0.6 is 7.60 Å². The van der Waals surface area contributed by atoms with Crippen LogP contribution in [-0.2, 0) is 13.6 Å². The first kappa shape index (κ1) is 13.7. The molecule has 0 spiro atoms. The lowest BCUT2D eigenvalue weighted by atomic mass is 10.6. The van der Waals surface area contributed by atoms with E-state index in [1.54, 1.807) is 0 Å². The maximum absolute atomic E-state index is 11.5. The Hall–Kier alpha value is -0.350. The molecule has 0 rings (SSSR count). The topological polar surface area (TPSA) is 59.0 Å². The molecule has 5 nitrogen and oxygen atoms in total. The molecule has 14 heavy (non-hydrogen) atoms. The minimum atomic E-state index is -3.00. The quantitative estimate of drug-likeness (QED) is 0.513. The van der Waals surface area contributed by atoms with Gasteiger partial charge in [-0.05, 0) is 20.2 Å². The lowest BCUT2D eigenvalue weighted by Gasteiger charge is -2.14. The van der Waals surface area contributed by atoms with Crippen LogP contribution in [0.3, 0.4) is 0 Å². The van der Waals surface area contributed by atoms with Crippen LogP contribution in [0.2, 0.25) is 0 Å². The maximum atomic E-state index is 11.5. The molecule has 0 aliphatic heterocycles. The van der Waals surface area contributed by atoms with E-state index < -0.39 is 7.60 Å². The van der Waals surface area contributed by atoms with Crippen LogP contribution in [0.5, 0.6) is 0 Å². The van der Waals surface area contributed by atoms with Crippen LogP contribution < -0.4 is 0 Å². The fraction of sp³-hybridized carbons (Fsp3) is 0.750. The molecule has 0 aromatic rings. The number of rotatable bonds is 7. The van der Waals surface area contributed by atoms with Gasteiger partial charge in [0.2, 0.25) is 0 Å². The van der Waals surface area contributed by atoms with E-state index in [0.717, 1.165) is 0 Å². The highest BCUT2D eigenvalue weighted by atomic mass is 31.2. The minimum Gasteiger partial charge on any atom is -0.433 e. The molecule has 1 atom stereocenters. The van der Waals surface area contributed by atoms with Gasteiger partial charge in [-0.3, -0.25) is 4.52 Å². The van der Waals surface area contributed by atoms with Gasteiger partial charge in [-0.15, -0.1) is 0 Å². The number of likely N-dealkylation sites (N-methyl/N-ethyl adjacent to an activating group) is 1. The third-order valence-electron chi connectivity index (χ3n) is 1.32. The lowest BCUT2D eigenvalue weighted by Crippen LogP contribution is -2.17. The third-order valence-corrected chi connectivity index (χ3v) is 2.47. The molecule has 0 saturated carbocycles. The van der Waals surface area contributed by atoms with Gasteiger partial charge in [-0.2, -0.15) is 0 Å². The molecule has 0 radical (unpaired) electrons. The summed E-state index contributed by atoms with van der Waals surface area (Å²) in [6, 6.07) is 0. The van der Waals surface area contributed by atoms with Gasteiger partial charge in [-0.1, -0.05) is 0 Å². The normalized spacial score (nSPS) is 16.1. The van der Waals surface area contributed by atoms with Gasteiger partial charge in [0.15, 0.2) is 0 Å². The summed E-state index contributed by atoms with van der Waals surface area (Å²) in [4.78, 5) is 1.92. The van der Waals surface area contributed by atoms with E-state index in [-0.39, 0.29) is 6.61 Å². The lowest BCUT2D eigenvalue weighted by molar-refractivity contribution is 0.224. The molecule has 0 aliphatic rings. The summed E-state index contributed by atoms with van der Waals surface area (Å²) >= 11 is 0. The summed E-state index contributed by atoms with van der Waals surface area (Å²) < 4.78 is 21.3. The zero-order valence-corrected chi connectivity index (χ0v) is 9.74. The third kappa shape index (κ3) is 8.26. The fourth-order valence-corrected chi connectivity index (χ4v) is 1.40. The average molecular weight is 223 g/mol. The monoisotopic (exact) mass is 223 g/mol. The van der Waals surface area contributed by atoms with Crippen LogP contribution in [0.1, 0.15) is 0 Å². The van der Waals surface area contributed by atoms with E-state index in [4.69, 9.17) is 14.2 Å². The molecule has 0 heterocycles. The first-order valence-corrected chi connectivity index (χ1v) is 6.28. The second-order valence-electron chi connectivity index (χ2n) is 3.07. The molecular weight excluding hydrogens is 205 g/mol. The van der Waals surface area contributed by atoms with Crippen LogP contribution in [0, 0.1) is 0 Å². The van der Waals surface area contributed by atoms with Crippen molar-refractivity contribution in [1.82, 2.24) is 4.90 Å². The van der Waals surface area contributed by atoms with Crippen molar-refractivity contribution in [3.8, 4) is 0 Å². The number of nitrogens with zero attached hydrogens (tertiary/aromatic N) is 1. The minimum absolute atomic E-state index is 0.141. The zero-order chi connectivity index (χ0) is 11.0. The van der Waals surface area contributed by atoms with Crippen molar-refractivity contribution in [1.29, 1.82) is 0 Å². The van der Waals surface area contributed by atoms with Crippen LogP contribution in [0.4, 0.5) is 0 Å². The zero-order valence-electron chi connectivity index (χ0n) is 8.84.